The molecule has 21 heavy (non-hydrogen) atoms. The number of nitrogens with one attached hydrogen (secondary N) is 2. The predicted octanol–water partition coefficient (Wildman–Crippen LogP) is 3.45. The summed E-state index contributed by atoms with van der Waals surface area (Å²) in [5.74, 6) is 0. The van der Waals surface area contributed by atoms with Crippen molar-refractivity contribution < 1.29 is 14.5 Å². The Morgan fingerprint density at radius 1 is 1.33 bits per heavy atom. The summed E-state index contributed by atoms with van der Waals surface area (Å²) < 4.78 is 4.49. The van der Waals surface area contributed by atoms with Crippen molar-refractivity contribution >= 4 is 33.8 Å². The third kappa shape index (κ3) is 4.18. The standard InChI is InChI=1S/C13H13N3O4S/c1-20-13(17)15-11-4-2-10(3-5-11)14-7-9-6-12(16(18)19)21-8-9/h2-6,8,14H,7H2,1H3,(H,15,17). The summed E-state index contributed by atoms with van der Waals surface area (Å²) in [6.07, 6.45) is -0.527. The van der Waals surface area contributed by atoms with Gasteiger partial charge in [0.25, 0.3) is 0 Å². The molecule has 0 saturated heterocycles. The van der Waals surface area contributed by atoms with E-state index in [0.29, 0.717) is 12.2 Å². The second kappa shape index (κ2) is 6.71. The Hall–Kier alpha value is -2.61. The van der Waals surface area contributed by atoms with Gasteiger partial charge in [0.15, 0.2) is 0 Å². The molecule has 1 amide bonds. The lowest BCUT2D eigenvalue weighted by molar-refractivity contribution is -0.380. The van der Waals surface area contributed by atoms with Crippen LogP contribution in [0.15, 0.2) is 35.7 Å². The smallest absolute Gasteiger partial charge is 0.411 e. The van der Waals surface area contributed by atoms with Crippen LogP contribution < -0.4 is 10.6 Å². The molecule has 0 saturated carbocycles. The van der Waals surface area contributed by atoms with E-state index in [1.807, 2.05) is 0 Å². The second-order valence-corrected chi connectivity index (χ2v) is 4.99. The number of hydrogen-bond donors (Lipinski definition) is 2. The van der Waals surface area contributed by atoms with Crippen LogP contribution >= 0.6 is 11.3 Å². The molecule has 0 bridgehead atoms. The SMILES string of the molecule is COC(=O)Nc1ccc(NCc2csc([N+](=O)[O-])c2)cc1. The molecule has 0 aliphatic rings. The Labute approximate surface area is 124 Å². The van der Waals surface area contributed by atoms with Gasteiger partial charge in [-0.15, -0.1) is 0 Å². The molecule has 0 unspecified atom stereocenters. The van der Waals surface area contributed by atoms with E-state index in [0.717, 1.165) is 22.6 Å². The summed E-state index contributed by atoms with van der Waals surface area (Å²) in [6, 6.07) is 8.60. The van der Waals surface area contributed by atoms with E-state index >= 15 is 0 Å². The first-order chi connectivity index (χ1) is 10.1. The number of methoxy groups -OCH3 is 1. The van der Waals surface area contributed by atoms with E-state index in [2.05, 4.69) is 15.4 Å². The molecule has 1 heterocycles. The third-order valence-electron chi connectivity index (χ3n) is 2.63. The summed E-state index contributed by atoms with van der Waals surface area (Å²) in [4.78, 5) is 21.2. The van der Waals surface area contributed by atoms with Crippen LogP contribution in [0.3, 0.4) is 0 Å². The number of rotatable bonds is 5. The first-order valence-electron chi connectivity index (χ1n) is 5.99. The fourth-order valence-corrected chi connectivity index (χ4v) is 2.32. The van der Waals surface area contributed by atoms with Gasteiger partial charge < -0.3 is 10.1 Å². The zero-order chi connectivity index (χ0) is 15.2. The van der Waals surface area contributed by atoms with E-state index in [1.54, 1.807) is 35.7 Å². The summed E-state index contributed by atoms with van der Waals surface area (Å²) in [5.41, 5.74) is 2.32. The van der Waals surface area contributed by atoms with Crippen molar-refractivity contribution in [3.8, 4) is 0 Å². The van der Waals surface area contributed by atoms with Crippen LogP contribution in [0.25, 0.3) is 0 Å². The molecule has 2 N–H and O–H groups in total. The van der Waals surface area contributed by atoms with E-state index in [9.17, 15) is 14.9 Å². The Morgan fingerprint density at radius 2 is 2.00 bits per heavy atom. The number of ether oxygens (including phenoxy) is 1. The molecule has 0 fully saturated rings. The van der Waals surface area contributed by atoms with Gasteiger partial charge in [-0.2, -0.15) is 0 Å². The van der Waals surface area contributed by atoms with Crippen molar-refractivity contribution in [1.29, 1.82) is 0 Å². The number of thiophene rings is 1. The van der Waals surface area contributed by atoms with Gasteiger partial charge in [0.05, 0.1) is 12.0 Å². The van der Waals surface area contributed by atoms with Crippen LogP contribution in [0.2, 0.25) is 0 Å². The number of amides is 1. The van der Waals surface area contributed by atoms with E-state index in [1.165, 1.54) is 7.11 Å². The lowest BCUT2D eigenvalue weighted by Gasteiger charge is -2.07. The molecular weight excluding hydrogens is 294 g/mol. The lowest BCUT2D eigenvalue weighted by atomic mass is 10.2. The van der Waals surface area contributed by atoms with Crippen LogP contribution in [0.5, 0.6) is 0 Å². The zero-order valence-electron chi connectivity index (χ0n) is 11.2. The number of anilines is 2. The van der Waals surface area contributed by atoms with Crippen LogP contribution in [-0.4, -0.2) is 18.1 Å². The van der Waals surface area contributed by atoms with Crippen molar-refractivity contribution in [1.82, 2.24) is 0 Å². The van der Waals surface area contributed by atoms with Crippen LogP contribution in [0.4, 0.5) is 21.2 Å². The van der Waals surface area contributed by atoms with E-state index in [4.69, 9.17) is 0 Å². The highest BCUT2D eigenvalue weighted by Gasteiger charge is 2.09. The molecule has 1 aromatic heterocycles. The molecule has 0 spiro atoms. The van der Waals surface area contributed by atoms with Gasteiger partial charge in [-0.25, -0.2) is 4.79 Å². The van der Waals surface area contributed by atoms with Gasteiger partial charge in [0, 0.05) is 29.4 Å². The molecule has 8 heteroatoms. The highest BCUT2D eigenvalue weighted by Crippen LogP contribution is 2.23. The Kier molecular flexibility index (Phi) is 4.72. The summed E-state index contributed by atoms with van der Waals surface area (Å²) in [7, 11) is 1.30. The minimum Gasteiger partial charge on any atom is -0.453 e. The molecule has 1 aromatic carbocycles. The normalized spacial score (nSPS) is 9.95. The molecular formula is C13H13N3O4S. The average Bonchev–Trinajstić information content (AvgIpc) is 2.95. The molecule has 7 nitrogen and oxygen atoms in total. The molecule has 0 atom stereocenters. The van der Waals surface area contributed by atoms with Crippen molar-refractivity contribution in [3.05, 3.63) is 51.4 Å². The quantitative estimate of drug-likeness (QED) is 0.652. The van der Waals surface area contributed by atoms with Crippen LogP contribution in [-0.2, 0) is 11.3 Å². The minimum absolute atomic E-state index is 0.129. The largest absolute Gasteiger partial charge is 0.453 e. The first kappa shape index (κ1) is 14.8. The van der Waals surface area contributed by atoms with Gasteiger partial charge in [-0.05, 0) is 29.8 Å². The lowest BCUT2D eigenvalue weighted by Crippen LogP contribution is -2.10. The van der Waals surface area contributed by atoms with E-state index < -0.39 is 11.0 Å². The highest BCUT2D eigenvalue weighted by molar-refractivity contribution is 7.13. The number of carbonyl (C=O) groups is 1. The van der Waals surface area contributed by atoms with E-state index in [-0.39, 0.29) is 5.00 Å². The highest BCUT2D eigenvalue weighted by atomic mass is 32.1. The molecule has 2 rings (SSSR count). The molecule has 0 aliphatic carbocycles. The summed E-state index contributed by atoms with van der Waals surface area (Å²) in [6.45, 7) is 0.494. The number of carbonyl (C=O) groups excluding carboxylic acids is 1. The Bertz CT molecular complexity index is 639. The van der Waals surface area contributed by atoms with Crippen molar-refractivity contribution in [2.75, 3.05) is 17.7 Å². The van der Waals surface area contributed by atoms with Crippen molar-refractivity contribution in [2.24, 2.45) is 0 Å². The fourth-order valence-electron chi connectivity index (χ4n) is 1.60. The average molecular weight is 307 g/mol. The first-order valence-corrected chi connectivity index (χ1v) is 6.87. The topological polar surface area (TPSA) is 93.5 Å². The van der Waals surface area contributed by atoms with Crippen LogP contribution in [0.1, 0.15) is 5.56 Å². The van der Waals surface area contributed by atoms with Crippen LogP contribution in [0, 0.1) is 10.1 Å². The van der Waals surface area contributed by atoms with Gasteiger partial charge in [0.1, 0.15) is 0 Å². The maximum atomic E-state index is 11.0. The minimum atomic E-state index is -0.527. The molecule has 0 radical (unpaired) electrons. The Morgan fingerprint density at radius 3 is 2.57 bits per heavy atom. The predicted molar refractivity (Wildman–Crippen MR) is 80.8 cm³/mol. The van der Waals surface area contributed by atoms with Gasteiger partial charge >= 0.3 is 11.1 Å². The Balaban J connectivity index is 1.91. The number of hydrogen-bond acceptors (Lipinski definition) is 6. The van der Waals surface area contributed by atoms with Gasteiger partial charge in [-0.3, -0.25) is 15.4 Å². The van der Waals surface area contributed by atoms with Gasteiger partial charge in [-0.1, -0.05) is 11.3 Å². The maximum Gasteiger partial charge on any atom is 0.411 e. The number of benzene rings is 1. The van der Waals surface area contributed by atoms with Gasteiger partial charge in [0.2, 0.25) is 0 Å². The monoisotopic (exact) mass is 307 g/mol. The molecule has 110 valence electrons. The molecule has 2 aromatic rings. The van der Waals surface area contributed by atoms with Crippen molar-refractivity contribution in [2.45, 2.75) is 6.54 Å². The molecule has 0 aliphatic heterocycles. The summed E-state index contributed by atoms with van der Waals surface area (Å²) in [5, 5.41) is 18.2. The number of nitrogens with zero attached hydrogens (tertiary/aromatic N) is 1. The maximum absolute atomic E-state index is 11.0. The van der Waals surface area contributed by atoms with Crippen molar-refractivity contribution in [3.63, 3.8) is 0 Å². The summed E-state index contributed by atoms with van der Waals surface area (Å²) >= 11 is 1.10. The third-order valence-corrected chi connectivity index (χ3v) is 3.56. The zero-order valence-corrected chi connectivity index (χ0v) is 12.0. The fraction of sp³-hybridized carbons (Fsp3) is 0.154. The number of nitro groups is 1. The second-order valence-electron chi connectivity index (χ2n) is 4.10.